The summed E-state index contributed by atoms with van der Waals surface area (Å²) in [5.41, 5.74) is 2.34. The molecule has 0 saturated carbocycles. The first-order chi connectivity index (χ1) is 12.3. The van der Waals surface area contributed by atoms with Crippen molar-refractivity contribution in [3.8, 4) is 11.8 Å². The van der Waals surface area contributed by atoms with Crippen molar-refractivity contribution in [2.24, 2.45) is 0 Å². The summed E-state index contributed by atoms with van der Waals surface area (Å²) >= 11 is 0. The minimum atomic E-state index is 0.0543. The molecule has 1 unspecified atom stereocenters. The van der Waals surface area contributed by atoms with E-state index in [-0.39, 0.29) is 5.56 Å². The number of nitrogens with zero attached hydrogens (tertiary/aromatic N) is 4. The number of anilines is 1. The van der Waals surface area contributed by atoms with Gasteiger partial charge in [0.25, 0.3) is 5.56 Å². The number of fused-ring (bicyclic) bond motifs is 4. The normalized spacial score (nSPS) is 17.9. The van der Waals surface area contributed by atoms with E-state index < -0.39 is 0 Å². The lowest BCUT2D eigenvalue weighted by molar-refractivity contribution is 0.614. The smallest absolute Gasteiger partial charge is 0.262 e. The Balaban J connectivity index is 1.60. The Bertz CT molecular complexity index is 1090. The quantitative estimate of drug-likeness (QED) is 0.594. The number of pyridine rings is 1. The third-order valence-corrected chi connectivity index (χ3v) is 4.96. The molecule has 1 aromatic carbocycles. The SMILES string of the molecule is O=c1c2ccc(C#Cc3ccccn3)cc2nc2n1CC1CCCN21. The van der Waals surface area contributed by atoms with E-state index in [1.807, 2.05) is 41.0 Å². The van der Waals surface area contributed by atoms with Gasteiger partial charge >= 0.3 is 0 Å². The molecule has 0 aliphatic carbocycles. The van der Waals surface area contributed by atoms with Crippen molar-refractivity contribution in [1.82, 2.24) is 14.5 Å². The van der Waals surface area contributed by atoms with Gasteiger partial charge in [-0.15, -0.1) is 0 Å². The van der Waals surface area contributed by atoms with Gasteiger partial charge in [0.2, 0.25) is 5.95 Å². The van der Waals surface area contributed by atoms with Gasteiger partial charge in [0, 0.05) is 24.8 Å². The number of benzene rings is 1. The fourth-order valence-electron chi connectivity index (χ4n) is 3.74. The van der Waals surface area contributed by atoms with Crippen molar-refractivity contribution < 1.29 is 0 Å². The van der Waals surface area contributed by atoms with Gasteiger partial charge in [-0.1, -0.05) is 12.0 Å². The van der Waals surface area contributed by atoms with E-state index in [2.05, 4.69) is 21.7 Å². The summed E-state index contributed by atoms with van der Waals surface area (Å²) in [4.78, 5) is 24.0. The van der Waals surface area contributed by atoms with Gasteiger partial charge in [-0.2, -0.15) is 0 Å². The van der Waals surface area contributed by atoms with Crippen LogP contribution in [0.4, 0.5) is 5.95 Å². The third kappa shape index (κ3) is 2.30. The predicted octanol–water partition coefficient (Wildman–Crippen LogP) is 2.17. The number of hydrogen-bond donors (Lipinski definition) is 0. The van der Waals surface area contributed by atoms with Crippen LogP contribution in [0, 0.1) is 11.8 Å². The van der Waals surface area contributed by atoms with Gasteiger partial charge in [-0.05, 0) is 49.1 Å². The monoisotopic (exact) mass is 328 g/mol. The Morgan fingerprint density at radius 3 is 3.00 bits per heavy atom. The van der Waals surface area contributed by atoms with Crippen LogP contribution in [0.15, 0.2) is 47.4 Å². The first-order valence-corrected chi connectivity index (χ1v) is 8.54. The average Bonchev–Trinajstić information content (AvgIpc) is 3.23. The molecule has 2 aromatic heterocycles. The molecule has 0 spiro atoms. The zero-order valence-corrected chi connectivity index (χ0v) is 13.6. The van der Waals surface area contributed by atoms with Crippen LogP contribution in [0.2, 0.25) is 0 Å². The van der Waals surface area contributed by atoms with Gasteiger partial charge in [0.15, 0.2) is 0 Å². The van der Waals surface area contributed by atoms with Crippen LogP contribution >= 0.6 is 0 Å². The third-order valence-electron chi connectivity index (χ3n) is 4.96. The van der Waals surface area contributed by atoms with E-state index in [1.165, 1.54) is 6.42 Å². The maximum Gasteiger partial charge on any atom is 0.262 e. The molecule has 3 aromatic rings. The second-order valence-electron chi connectivity index (χ2n) is 6.51. The van der Waals surface area contributed by atoms with Crippen molar-refractivity contribution in [2.75, 3.05) is 11.4 Å². The average molecular weight is 328 g/mol. The molecule has 5 heteroatoms. The van der Waals surface area contributed by atoms with Crippen LogP contribution in [-0.2, 0) is 6.54 Å². The summed E-state index contributed by atoms with van der Waals surface area (Å²) in [5, 5.41) is 0.660. The summed E-state index contributed by atoms with van der Waals surface area (Å²) in [6, 6.07) is 11.7. The van der Waals surface area contributed by atoms with Crippen molar-refractivity contribution in [2.45, 2.75) is 25.4 Å². The Morgan fingerprint density at radius 1 is 1.16 bits per heavy atom. The molecule has 25 heavy (non-hydrogen) atoms. The summed E-state index contributed by atoms with van der Waals surface area (Å²) in [5.74, 6) is 6.97. The van der Waals surface area contributed by atoms with Crippen LogP contribution in [0.5, 0.6) is 0 Å². The molecule has 1 saturated heterocycles. The summed E-state index contributed by atoms with van der Waals surface area (Å²) in [7, 11) is 0. The number of aromatic nitrogens is 3. The lowest BCUT2D eigenvalue weighted by Gasteiger charge is -2.15. The van der Waals surface area contributed by atoms with E-state index in [1.54, 1.807) is 6.20 Å². The van der Waals surface area contributed by atoms with E-state index in [0.29, 0.717) is 11.4 Å². The summed E-state index contributed by atoms with van der Waals surface area (Å²) < 4.78 is 1.82. The first-order valence-electron chi connectivity index (χ1n) is 8.54. The zero-order valence-electron chi connectivity index (χ0n) is 13.6. The zero-order chi connectivity index (χ0) is 16.8. The van der Waals surface area contributed by atoms with E-state index in [4.69, 9.17) is 4.98 Å². The molecule has 122 valence electrons. The second-order valence-corrected chi connectivity index (χ2v) is 6.51. The fourth-order valence-corrected chi connectivity index (χ4v) is 3.74. The Labute approximate surface area is 145 Å². The van der Waals surface area contributed by atoms with E-state index in [9.17, 15) is 4.79 Å². The highest BCUT2D eigenvalue weighted by Gasteiger charge is 2.35. The minimum Gasteiger partial charge on any atom is -0.337 e. The summed E-state index contributed by atoms with van der Waals surface area (Å²) in [6.45, 7) is 1.75. The van der Waals surface area contributed by atoms with Crippen molar-refractivity contribution in [3.05, 3.63) is 64.2 Å². The van der Waals surface area contributed by atoms with Crippen LogP contribution in [0.25, 0.3) is 10.9 Å². The molecule has 2 aliphatic rings. The van der Waals surface area contributed by atoms with Gasteiger partial charge < -0.3 is 4.90 Å². The highest BCUT2D eigenvalue weighted by atomic mass is 16.1. The van der Waals surface area contributed by atoms with Crippen LogP contribution in [0.3, 0.4) is 0 Å². The summed E-state index contributed by atoms with van der Waals surface area (Å²) in [6.07, 6.45) is 4.04. The Kier molecular flexibility index (Phi) is 3.10. The fraction of sp³-hybridized carbons (Fsp3) is 0.250. The van der Waals surface area contributed by atoms with Gasteiger partial charge in [0.1, 0.15) is 5.69 Å². The molecule has 4 heterocycles. The standard InChI is InChI=1S/C20H16N4O/c25-19-17-9-7-14(6-8-15-4-1-2-10-21-15)12-18(17)22-20-23-11-3-5-16(23)13-24(19)20/h1-2,4,7,9-10,12,16H,3,5,11,13H2. The van der Waals surface area contributed by atoms with Crippen molar-refractivity contribution in [1.29, 1.82) is 0 Å². The van der Waals surface area contributed by atoms with Crippen LogP contribution < -0.4 is 10.5 Å². The molecule has 5 nitrogen and oxygen atoms in total. The highest BCUT2D eigenvalue weighted by Crippen LogP contribution is 2.31. The largest absolute Gasteiger partial charge is 0.337 e. The Hall–Kier alpha value is -3.13. The van der Waals surface area contributed by atoms with Gasteiger partial charge in [0.05, 0.1) is 16.9 Å². The van der Waals surface area contributed by atoms with E-state index in [0.717, 1.165) is 42.2 Å². The Morgan fingerprint density at radius 2 is 2.12 bits per heavy atom. The molecular formula is C20H16N4O. The number of rotatable bonds is 0. The lowest BCUT2D eigenvalue weighted by Crippen LogP contribution is -2.24. The first kappa shape index (κ1) is 14.2. The minimum absolute atomic E-state index is 0.0543. The molecule has 0 amide bonds. The van der Waals surface area contributed by atoms with Crippen LogP contribution in [0.1, 0.15) is 24.1 Å². The molecule has 2 aliphatic heterocycles. The molecule has 1 fully saturated rings. The molecule has 1 atom stereocenters. The topological polar surface area (TPSA) is 51.0 Å². The number of hydrogen-bond acceptors (Lipinski definition) is 4. The molecular weight excluding hydrogens is 312 g/mol. The van der Waals surface area contributed by atoms with Crippen molar-refractivity contribution >= 4 is 16.9 Å². The molecule has 0 bridgehead atoms. The van der Waals surface area contributed by atoms with E-state index >= 15 is 0 Å². The van der Waals surface area contributed by atoms with Crippen molar-refractivity contribution in [3.63, 3.8) is 0 Å². The molecule has 5 rings (SSSR count). The lowest BCUT2D eigenvalue weighted by atomic mass is 10.1. The van der Waals surface area contributed by atoms with Crippen LogP contribution in [-0.4, -0.2) is 27.1 Å². The second kappa shape index (κ2) is 5.45. The molecule has 0 N–H and O–H groups in total. The molecule has 0 radical (unpaired) electrons. The maximum absolute atomic E-state index is 12.8. The predicted molar refractivity (Wildman–Crippen MR) is 96.6 cm³/mol. The highest BCUT2D eigenvalue weighted by molar-refractivity contribution is 5.80. The van der Waals surface area contributed by atoms with Gasteiger partial charge in [-0.25, -0.2) is 9.97 Å². The maximum atomic E-state index is 12.8. The van der Waals surface area contributed by atoms with Gasteiger partial charge in [-0.3, -0.25) is 9.36 Å².